The molecule has 0 bridgehead atoms. The molecule has 0 aliphatic heterocycles. The van der Waals surface area contributed by atoms with E-state index in [0.717, 1.165) is 4.47 Å². The van der Waals surface area contributed by atoms with Crippen molar-refractivity contribution in [3.05, 3.63) is 76.8 Å². The minimum Gasteiger partial charge on any atom is -0.495 e. The molecule has 0 aliphatic rings. The summed E-state index contributed by atoms with van der Waals surface area (Å²) in [5.41, 5.74) is 0.735. The van der Waals surface area contributed by atoms with Crippen molar-refractivity contribution < 1.29 is 18.3 Å². The number of ether oxygens (including phenoxy) is 2. The smallest absolute Gasteiger partial charge is 0.150 e. The van der Waals surface area contributed by atoms with Crippen LogP contribution in [0, 0.1) is 11.6 Å². The minimum atomic E-state index is -0.696. The van der Waals surface area contributed by atoms with Crippen LogP contribution in [-0.4, -0.2) is 14.2 Å². The summed E-state index contributed by atoms with van der Waals surface area (Å²) in [6.07, 6.45) is 0. The lowest BCUT2D eigenvalue weighted by Crippen LogP contribution is -2.15. The Bertz CT molecular complexity index is 913. The van der Waals surface area contributed by atoms with Crippen molar-refractivity contribution in [2.75, 3.05) is 19.1 Å². The molecule has 3 rings (SSSR count). The molecule has 6 heteroatoms. The average Bonchev–Trinajstić information content (AvgIpc) is 2.65. The summed E-state index contributed by atoms with van der Waals surface area (Å²) >= 11 is 3.41. The van der Waals surface area contributed by atoms with Gasteiger partial charge in [-0.3, -0.25) is 4.90 Å². The first-order valence-corrected chi connectivity index (χ1v) is 8.56. The van der Waals surface area contributed by atoms with Gasteiger partial charge in [-0.25, -0.2) is 8.78 Å². The first kappa shape index (κ1) is 18.2. The van der Waals surface area contributed by atoms with E-state index in [4.69, 9.17) is 9.47 Å². The number of benzene rings is 3. The SMILES string of the molecule is COc1ccccc1N(c1cc(Br)ccc1OC)c1c(F)cccc1F. The fourth-order valence-corrected chi connectivity index (χ4v) is 3.07. The number of para-hydroxylation sites is 3. The first-order valence-electron chi connectivity index (χ1n) is 7.77. The fraction of sp³-hybridized carbons (Fsp3) is 0.100. The third-order valence-corrected chi connectivity index (χ3v) is 4.36. The zero-order valence-corrected chi connectivity index (χ0v) is 15.8. The Kier molecular flexibility index (Phi) is 5.42. The number of hydrogen-bond donors (Lipinski definition) is 0. The monoisotopic (exact) mass is 419 g/mol. The summed E-state index contributed by atoms with van der Waals surface area (Å²) < 4.78 is 40.9. The molecule has 0 amide bonds. The van der Waals surface area contributed by atoms with E-state index in [1.165, 1.54) is 37.3 Å². The fourth-order valence-electron chi connectivity index (χ4n) is 2.73. The Balaban J connectivity index is 2.36. The van der Waals surface area contributed by atoms with Gasteiger partial charge in [-0.05, 0) is 42.5 Å². The minimum absolute atomic E-state index is 0.214. The van der Waals surface area contributed by atoms with Gasteiger partial charge in [0.25, 0.3) is 0 Å². The second-order valence-corrected chi connectivity index (χ2v) is 6.31. The predicted octanol–water partition coefficient (Wildman–Crippen LogP) is 6.21. The van der Waals surface area contributed by atoms with E-state index in [0.29, 0.717) is 22.9 Å². The third kappa shape index (κ3) is 3.37. The van der Waals surface area contributed by atoms with Gasteiger partial charge in [0.1, 0.15) is 28.8 Å². The maximum atomic E-state index is 14.7. The highest BCUT2D eigenvalue weighted by Gasteiger charge is 2.25. The molecule has 134 valence electrons. The zero-order valence-electron chi connectivity index (χ0n) is 14.2. The van der Waals surface area contributed by atoms with Crippen molar-refractivity contribution in [1.29, 1.82) is 0 Å². The molecule has 0 fully saturated rings. The largest absolute Gasteiger partial charge is 0.495 e. The highest BCUT2D eigenvalue weighted by atomic mass is 79.9. The van der Waals surface area contributed by atoms with E-state index in [1.54, 1.807) is 42.5 Å². The van der Waals surface area contributed by atoms with Gasteiger partial charge in [0, 0.05) is 4.47 Å². The standard InChI is InChI=1S/C20H16BrF2NO2/c1-25-18-9-4-3-8-16(18)24(20-14(22)6-5-7-15(20)23)17-12-13(21)10-11-19(17)26-2/h3-12H,1-2H3. The molecule has 0 unspecified atom stereocenters. The van der Waals surface area contributed by atoms with E-state index in [2.05, 4.69) is 15.9 Å². The molecular formula is C20H16BrF2NO2. The second kappa shape index (κ2) is 7.74. The molecule has 0 atom stereocenters. The van der Waals surface area contributed by atoms with Gasteiger partial charge in [0.2, 0.25) is 0 Å². The lowest BCUT2D eigenvalue weighted by Gasteiger charge is -2.28. The summed E-state index contributed by atoms with van der Waals surface area (Å²) in [6.45, 7) is 0. The molecule has 3 aromatic carbocycles. The zero-order chi connectivity index (χ0) is 18.7. The normalized spacial score (nSPS) is 10.5. The van der Waals surface area contributed by atoms with Crippen LogP contribution in [0.2, 0.25) is 0 Å². The molecular weight excluding hydrogens is 404 g/mol. The van der Waals surface area contributed by atoms with Crippen molar-refractivity contribution in [1.82, 2.24) is 0 Å². The molecule has 0 saturated carbocycles. The van der Waals surface area contributed by atoms with Crippen LogP contribution in [0.1, 0.15) is 0 Å². The molecule has 0 N–H and O–H groups in total. The molecule has 0 spiro atoms. The number of nitrogens with zero attached hydrogens (tertiary/aromatic N) is 1. The summed E-state index contributed by atoms with van der Waals surface area (Å²) in [5, 5.41) is 0. The summed E-state index contributed by atoms with van der Waals surface area (Å²) in [6, 6.07) is 16.0. The van der Waals surface area contributed by atoms with Crippen LogP contribution < -0.4 is 14.4 Å². The maximum absolute atomic E-state index is 14.7. The molecule has 0 saturated heterocycles. The molecule has 0 heterocycles. The highest BCUT2D eigenvalue weighted by Crippen LogP contribution is 2.46. The Morgan fingerprint density at radius 2 is 1.38 bits per heavy atom. The number of rotatable bonds is 5. The van der Waals surface area contributed by atoms with Crippen molar-refractivity contribution >= 4 is 33.0 Å². The quantitative estimate of drug-likeness (QED) is 0.490. The molecule has 3 aromatic rings. The predicted molar refractivity (Wildman–Crippen MR) is 102 cm³/mol. The van der Waals surface area contributed by atoms with Crippen LogP contribution in [0.25, 0.3) is 0 Å². The van der Waals surface area contributed by atoms with Crippen molar-refractivity contribution in [2.45, 2.75) is 0 Å². The van der Waals surface area contributed by atoms with E-state index in [1.807, 2.05) is 0 Å². The maximum Gasteiger partial charge on any atom is 0.150 e. The van der Waals surface area contributed by atoms with Crippen molar-refractivity contribution in [2.24, 2.45) is 0 Å². The number of anilines is 3. The van der Waals surface area contributed by atoms with Gasteiger partial charge < -0.3 is 9.47 Å². The van der Waals surface area contributed by atoms with Crippen LogP contribution >= 0.6 is 15.9 Å². The van der Waals surface area contributed by atoms with E-state index >= 15 is 0 Å². The van der Waals surface area contributed by atoms with Crippen molar-refractivity contribution in [3.8, 4) is 11.5 Å². The lowest BCUT2D eigenvalue weighted by molar-refractivity contribution is 0.412. The van der Waals surface area contributed by atoms with Crippen molar-refractivity contribution in [3.63, 3.8) is 0 Å². The van der Waals surface area contributed by atoms with E-state index in [9.17, 15) is 8.78 Å². The van der Waals surface area contributed by atoms with Crippen LogP contribution in [0.3, 0.4) is 0 Å². The topological polar surface area (TPSA) is 21.7 Å². The second-order valence-electron chi connectivity index (χ2n) is 5.39. The average molecular weight is 420 g/mol. The molecule has 0 aliphatic carbocycles. The van der Waals surface area contributed by atoms with Crippen LogP contribution in [0.4, 0.5) is 25.8 Å². The highest BCUT2D eigenvalue weighted by molar-refractivity contribution is 9.10. The Morgan fingerprint density at radius 3 is 2.04 bits per heavy atom. The van der Waals surface area contributed by atoms with E-state index in [-0.39, 0.29) is 5.69 Å². The lowest BCUT2D eigenvalue weighted by atomic mass is 10.1. The van der Waals surface area contributed by atoms with Crippen LogP contribution in [0.15, 0.2) is 65.1 Å². The Hall–Kier alpha value is -2.60. The first-order chi connectivity index (χ1) is 12.6. The van der Waals surface area contributed by atoms with E-state index < -0.39 is 11.6 Å². The number of halogens is 3. The van der Waals surface area contributed by atoms with Gasteiger partial charge in [-0.2, -0.15) is 0 Å². The van der Waals surface area contributed by atoms with Crippen LogP contribution in [0.5, 0.6) is 11.5 Å². The van der Waals surface area contributed by atoms with Gasteiger partial charge in [0.15, 0.2) is 0 Å². The summed E-state index contributed by atoms with van der Waals surface area (Å²) in [7, 11) is 3.01. The summed E-state index contributed by atoms with van der Waals surface area (Å²) in [4.78, 5) is 1.45. The number of methoxy groups -OCH3 is 2. The van der Waals surface area contributed by atoms with Gasteiger partial charge in [0.05, 0.1) is 25.6 Å². The Morgan fingerprint density at radius 1 is 0.769 bits per heavy atom. The summed E-state index contributed by atoms with van der Waals surface area (Å²) in [5.74, 6) is -0.463. The number of hydrogen-bond acceptors (Lipinski definition) is 3. The molecule has 26 heavy (non-hydrogen) atoms. The van der Waals surface area contributed by atoms with Gasteiger partial charge in [-0.1, -0.05) is 34.1 Å². The van der Waals surface area contributed by atoms with Gasteiger partial charge in [-0.15, -0.1) is 0 Å². The molecule has 0 radical (unpaired) electrons. The molecule has 3 nitrogen and oxygen atoms in total. The molecule has 0 aromatic heterocycles. The van der Waals surface area contributed by atoms with Crippen LogP contribution in [-0.2, 0) is 0 Å². The third-order valence-electron chi connectivity index (χ3n) is 3.87. The Labute approximate surface area is 158 Å². The van der Waals surface area contributed by atoms with Gasteiger partial charge >= 0.3 is 0 Å².